The van der Waals surface area contributed by atoms with Gasteiger partial charge in [0.05, 0.1) is 0 Å². The second-order valence-electron chi connectivity index (χ2n) is 8.34. The van der Waals surface area contributed by atoms with Gasteiger partial charge in [0.25, 0.3) is 5.91 Å². The molecule has 0 radical (unpaired) electrons. The third-order valence-electron chi connectivity index (χ3n) is 5.29. The summed E-state index contributed by atoms with van der Waals surface area (Å²) >= 11 is 0. The molecule has 0 unspecified atom stereocenters. The Balaban J connectivity index is 1.49. The van der Waals surface area contributed by atoms with Gasteiger partial charge in [0.2, 0.25) is 0 Å². The number of halogens is 1. The second-order valence-corrected chi connectivity index (χ2v) is 8.34. The fourth-order valence-corrected chi connectivity index (χ4v) is 3.41. The molecule has 2 aromatic carbocycles. The fraction of sp³-hybridized carbons (Fsp3) is 0.435. The molecule has 1 aliphatic heterocycles. The van der Waals surface area contributed by atoms with Crippen LogP contribution in [0.2, 0.25) is 0 Å². The Labute approximate surface area is 161 Å². The van der Waals surface area contributed by atoms with Crippen LogP contribution in [0.3, 0.4) is 0 Å². The van der Waals surface area contributed by atoms with Gasteiger partial charge in [-0.05, 0) is 47.2 Å². The molecule has 3 rings (SSSR count). The Morgan fingerprint density at radius 3 is 2.07 bits per heavy atom. The minimum atomic E-state index is -0.193. The van der Waals surface area contributed by atoms with Crippen LogP contribution < -0.4 is 0 Å². The van der Waals surface area contributed by atoms with E-state index < -0.39 is 0 Å². The van der Waals surface area contributed by atoms with Crippen molar-refractivity contribution in [2.75, 3.05) is 32.7 Å². The average Bonchev–Trinajstić information content (AvgIpc) is 2.67. The lowest BCUT2D eigenvalue weighted by Crippen LogP contribution is -2.49. The molecule has 0 aromatic heterocycles. The minimum absolute atomic E-state index is 0.0950. The van der Waals surface area contributed by atoms with E-state index in [1.54, 1.807) is 0 Å². The van der Waals surface area contributed by atoms with E-state index in [4.69, 9.17) is 0 Å². The molecule has 1 aliphatic rings. The fourth-order valence-electron chi connectivity index (χ4n) is 3.41. The van der Waals surface area contributed by atoms with Gasteiger partial charge in [0, 0.05) is 38.3 Å². The molecule has 144 valence electrons. The molecule has 1 fully saturated rings. The van der Waals surface area contributed by atoms with E-state index in [0.717, 1.165) is 50.3 Å². The second kappa shape index (κ2) is 8.22. The smallest absolute Gasteiger partial charge is 0.253 e. The van der Waals surface area contributed by atoms with Crippen molar-refractivity contribution in [1.82, 2.24) is 9.80 Å². The maximum absolute atomic E-state index is 13.0. The molecular formula is C23H29FN2O. The van der Waals surface area contributed by atoms with Crippen molar-refractivity contribution < 1.29 is 9.18 Å². The molecule has 0 bridgehead atoms. The topological polar surface area (TPSA) is 23.6 Å². The number of carbonyl (C=O) groups excluding carboxylic acids is 1. The summed E-state index contributed by atoms with van der Waals surface area (Å²) in [6, 6.07) is 14.7. The van der Waals surface area contributed by atoms with Crippen molar-refractivity contribution in [3.8, 4) is 0 Å². The van der Waals surface area contributed by atoms with Gasteiger partial charge >= 0.3 is 0 Å². The van der Waals surface area contributed by atoms with Gasteiger partial charge in [0.15, 0.2) is 0 Å². The summed E-state index contributed by atoms with van der Waals surface area (Å²) in [5, 5.41) is 0. The van der Waals surface area contributed by atoms with E-state index in [1.165, 1.54) is 17.7 Å². The standard InChI is InChI=1S/C23H29FN2O/c1-23(2,3)20-8-6-19(7-9-20)22(27)26-16-14-25(15-17-26)13-12-18-4-10-21(24)11-5-18/h4-11H,12-17H2,1-3H3. The quantitative estimate of drug-likeness (QED) is 0.810. The average molecular weight is 368 g/mol. The van der Waals surface area contributed by atoms with Gasteiger partial charge in [-0.1, -0.05) is 45.0 Å². The molecular weight excluding hydrogens is 339 g/mol. The van der Waals surface area contributed by atoms with E-state index in [9.17, 15) is 9.18 Å². The summed E-state index contributed by atoms with van der Waals surface area (Å²) in [4.78, 5) is 17.1. The first-order chi connectivity index (χ1) is 12.8. The predicted molar refractivity (Wildman–Crippen MR) is 108 cm³/mol. The number of piperazine rings is 1. The van der Waals surface area contributed by atoms with E-state index in [0.29, 0.717) is 0 Å². The molecule has 4 heteroatoms. The molecule has 1 saturated heterocycles. The maximum atomic E-state index is 13.0. The zero-order valence-corrected chi connectivity index (χ0v) is 16.5. The number of hydrogen-bond acceptors (Lipinski definition) is 2. The third kappa shape index (κ3) is 5.16. The van der Waals surface area contributed by atoms with Crippen molar-refractivity contribution in [3.05, 3.63) is 71.0 Å². The normalized spacial score (nSPS) is 15.8. The summed E-state index contributed by atoms with van der Waals surface area (Å²) in [6.45, 7) is 10.7. The number of carbonyl (C=O) groups is 1. The Morgan fingerprint density at radius 2 is 1.52 bits per heavy atom. The number of amides is 1. The first-order valence-corrected chi connectivity index (χ1v) is 9.69. The third-order valence-corrected chi connectivity index (χ3v) is 5.29. The molecule has 1 amide bonds. The molecule has 0 saturated carbocycles. The minimum Gasteiger partial charge on any atom is -0.336 e. The number of benzene rings is 2. The molecule has 0 N–H and O–H groups in total. The van der Waals surface area contributed by atoms with Crippen LogP contribution in [0.4, 0.5) is 4.39 Å². The van der Waals surface area contributed by atoms with Crippen molar-refractivity contribution >= 4 is 5.91 Å². The van der Waals surface area contributed by atoms with E-state index in [2.05, 4.69) is 37.8 Å². The highest BCUT2D eigenvalue weighted by atomic mass is 19.1. The predicted octanol–water partition coefficient (Wildman–Crippen LogP) is 4.12. The molecule has 0 spiro atoms. The van der Waals surface area contributed by atoms with Gasteiger partial charge in [-0.3, -0.25) is 9.69 Å². The molecule has 1 heterocycles. The van der Waals surface area contributed by atoms with Crippen LogP contribution in [-0.2, 0) is 11.8 Å². The lowest BCUT2D eigenvalue weighted by Gasteiger charge is -2.35. The lowest BCUT2D eigenvalue weighted by atomic mass is 9.86. The Bertz CT molecular complexity index is 754. The highest BCUT2D eigenvalue weighted by Crippen LogP contribution is 2.22. The summed E-state index contributed by atoms with van der Waals surface area (Å²) in [7, 11) is 0. The van der Waals surface area contributed by atoms with Gasteiger partial charge in [-0.2, -0.15) is 0 Å². The zero-order valence-electron chi connectivity index (χ0n) is 16.5. The number of hydrogen-bond donors (Lipinski definition) is 0. The number of rotatable bonds is 4. The van der Waals surface area contributed by atoms with Crippen LogP contribution in [0, 0.1) is 5.82 Å². The Hall–Kier alpha value is -2.20. The highest BCUT2D eigenvalue weighted by molar-refractivity contribution is 5.94. The molecule has 2 aromatic rings. The van der Waals surface area contributed by atoms with Crippen LogP contribution in [0.25, 0.3) is 0 Å². The highest BCUT2D eigenvalue weighted by Gasteiger charge is 2.22. The summed E-state index contributed by atoms with van der Waals surface area (Å²) in [5.74, 6) is -0.0740. The monoisotopic (exact) mass is 368 g/mol. The van der Waals surface area contributed by atoms with Crippen LogP contribution in [0.15, 0.2) is 48.5 Å². The van der Waals surface area contributed by atoms with Crippen molar-refractivity contribution in [2.24, 2.45) is 0 Å². The van der Waals surface area contributed by atoms with Crippen LogP contribution in [0.1, 0.15) is 42.3 Å². The van der Waals surface area contributed by atoms with Gasteiger partial charge in [-0.25, -0.2) is 4.39 Å². The van der Waals surface area contributed by atoms with Crippen molar-refractivity contribution in [1.29, 1.82) is 0 Å². The van der Waals surface area contributed by atoms with E-state index >= 15 is 0 Å². The first-order valence-electron chi connectivity index (χ1n) is 9.69. The molecule has 0 atom stereocenters. The Kier molecular flexibility index (Phi) is 5.95. The van der Waals surface area contributed by atoms with Gasteiger partial charge in [-0.15, -0.1) is 0 Å². The summed E-state index contributed by atoms with van der Waals surface area (Å²) in [5.41, 5.74) is 3.25. The van der Waals surface area contributed by atoms with Gasteiger partial charge < -0.3 is 4.90 Å². The lowest BCUT2D eigenvalue weighted by molar-refractivity contribution is 0.0638. The Morgan fingerprint density at radius 1 is 0.926 bits per heavy atom. The SMILES string of the molecule is CC(C)(C)c1ccc(C(=O)N2CCN(CCc3ccc(F)cc3)CC2)cc1. The maximum Gasteiger partial charge on any atom is 0.253 e. The summed E-state index contributed by atoms with van der Waals surface area (Å²) in [6.07, 6.45) is 0.905. The zero-order chi connectivity index (χ0) is 19.4. The van der Waals surface area contributed by atoms with Crippen LogP contribution in [0.5, 0.6) is 0 Å². The number of nitrogens with zero attached hydrogens (tertiary/aromatic N) is 2. The molecule has 3 nitrogen and oxygen atoms in total. The molecule has 0 aliphatic carbocycles. The van der Waals surface area contributed by atoms with E-state index in [1.807, 2.05) is 29.2 Å². The van der Waals surface area contributed by atoms with Crippen LogP contribution in [-0.4, -0.2) is 48.4 Å². The van der Waals surface area contributed by atoms with Crippen LogP contribution >= 0.6 is 0 Å². The summed E-state index contributed by atoms with van der Waals surface area (Å²) < 4.78 is 13.0. The largest absolute Gasteiger partial charge is 0.336 e. The molecule has 27 heavy (non-hydrogen) atoms. The first kappa shape index (κ1) is 19.6. The van der Waals surface area contributed by atoms with Crippen molar-refractivity contribution in [2.45, 2.75) is 32.6 Å². The van der Waals surface area contributed by atoms with E-state index in [-0.39, 0.29) is 17.1 Å². The van der Waals surface area contributed by atoms with Gasteiger partial charge in [0.1, 0.15) is 5.82 Å². The van der Waals surface area contributed by atoms with Crippen molar-refractivity contribution in [3.63, 3.8) is 0 Å².